The lowest BCUT2D eigenvalue weighted by atomic mass is 9.70. The van der Waals surface area contributed by atoms with Crippen LogP contribution in [0.4, 0.5) is 0 Å². The molecule has 1 aliphatic carbocycles. The highest BCUT2D eigenvalue weighted by atomic mass is 16.3. The zero-order valence-electron chi connectivity index (χ0n) is 14.9. The molecule has 1 aromatic rings. The second-order valence-corrected chi connectivity index (χ2v) is 8.28. The van der Waals surface area contributed by atoms with Gasteiger partial charge in [0.1, 0.15) is 0 Å². The Morgan fingerprint density at radius 3 is 2.44 bits per heavy atom. The summed E-state index contributed by atoms with van der Waals surface area (Å²) >= 11 is 0. The number of aliphatic hydroxyl groups excluding tert-OH is 1. The first-order valence-electron chi connectivity index (χ1n) is 9.72. The predicted octanol–water partition coefficient (Wildman–Crippen LogP) is 2.06. The fourth-order valence-corrected chi connectivity index (χ4v) is 4.68. The minimum Gasteiger partial charge on any atom is -0.393 e. The van der Waals surface area contributed by atoms with Crippen LogP contribution < -0.4 is 0 Å². The molecule has 0 atom stereocenters. The third kappa shape index (κ3) is 3.72. The van der Waals surface area contributed by atoms with Crippen molar-refractivity contribution in [1.82, 2.24) is 14.8 Å². The van der Waals surface area contributed by atoms with Gasteiger partial charge in [-0.15, -0.1) is 0 Å². The van der Waals surface area contributed by atoms with Gasteiger partial charge in [0.25, 0.3) is 0 Å². The minimum atomic E-state index is -0.241. The van der Waals surface area contributed by atoms with E-state index in [2.05, 4.69) is 20.9 Å². The number of likely N-dealkylation sites (tertiary alicyclic amines) is 2. The standard InChI is InChI=1S/C20H29N3O2/c24-18-12-17(13-18)19(25)23-10-5-20(6-11-23)3-8-22(9-4-20)15-16-2-1-7-21-14-16/h1-2,7,14,17-18,24H,3-6,8-13,15H2. The lowest BCUT2D eigenvalue weighted by Crippen LogP contribution is -2.51. The Kier molecular flexibility index (Phi) is 4.78. The maximum Gasteiger partial charge on any atom is 0.225 e. The Labute approximate surface area is 150 Å². The molecule has 4 rings (SSSR count). The molecule has 0 aromatic carbocycles. The number of aromatic nitrogens is 1. The molecular weight excluding hydrogens is 314 g/mol. The molecule has 3 fully saturated rings. The maximum absolute atomic E-state index is 12.5. The number of pyridine rings is 1. The molecule has 2 saturated heterocycles. The molecule has 136 valence electrons. The summed E-state index contributed by atoms with van der Waals surface area (Å²) in [6, 6.07) is 4.16. The van der Waals surface area contributed by atoms with Crippen LogP contribution in [0.1, 0.15) is 44.1 Å². The van der Waals surface area contributed by atoms with Crippen molar-refractivity contribution in [2.24, 2.45) is 11.3 Å². The van der Waals surface area contributed by atoms with Crippen LogP contribution in [0.15, 0.2) is 24.5 Å². The van der Waals surface area contributed by atoms with Gasteiger partial charge in [-0.3, -0.25) is 14.7 Å². The summed E-state index contributed by atoms with van der Waals surface area (Å²) in [6.45, 7) is 5.12. The summed E-state index contributed by atoms with van der Waals surface area (Å²) in [5, 5.41) is 9.42. The number of amides is 1. The molecule has 2 aliphatic heterocycles. The van der Waals surface area contributed by atoms with Crippen molar-refractivity contribution in [1.29, 1.82) is 0 Å². The van der Waals surface area contributed by atoms with Crippen molar-refractivity contribution in [2.75, 3.05) is 26.2 Å². The highest BCUT2D eigenvalue weighted by molar-refractivity contribution is 5.80. The highest BCUT2D eigenvalue weighted by Crippen LogP contribution is 2.42. The molecule has 0 radical (unpaired) electrons. The van der Waals surface area contributed by atoms with Crippen molar-refractivity contribution in [3.8, 4) is 0 Å². The summed E-state index contributed by atoms with van der Waals surface area (Å²) in [4.78, 5) is 21.3. The van der Waals surface area contributed by atoms with Crippen LogP contribution in [0, 0.1) is 11.3 Å². The van der Waals surface area contributed by atoms with Crippen LogP contribution in [0.5, 0.6) is 0 Å². The molecule has 3 aliphatic rings. The molecule has 1 N–H and O–H groups in total. The van der Waals surface area contributed by atoms with Gasteiger partial charge in [0.2, 0.25) is 5.91 Å². The number of nitrogens with zero attached hydrogens (tertiary/aromatic N) is 3. The predicted molar refractivity (Wildman–Crippen MR) is 95.7 cm³/mol. The monoisotopic (exact) mass is 343 g/mol. The molecule has 1 spiro atoms. The summed E-state index contributed by atoms with van der Waals surface area (Å²) in [5.41, 5.74) is 1.74. The molecule has 0 unspecified atom stereocenters. The molecular formula is C20H29N3O2. The van der Waals surface area contributed by atoms with Gasteiger partial charge in [-0.25, -0.2) is 0 Å². The van der Waals surface area contributed by atoms with Gasteiger partial charge in [0.05, 0.1) is 6.10 Å². The van der Waals surface area contributed by atoms with Crippen molar-refractivity contribution in [3.63, 3.8) is 0 Å². The quantitative estimate of drug-likeness (QED) is 0.913. The summed E-state index contributed by atoms with van der Waals surface area (Å²) < 4.78 is 0. The number of carbonyl (C=O) groups excluding carboxylic acids is 1. The number of aliphatic hydroxyl groups is 1. The van der Waals surface area contributed by atoms with Gasteiger partial charge < -0.3 is 10.0 Å². The lowest BCUT2D eigenvalue weighted by molar-refractivity contribution is -0.145. The van der Waals surface area contributed by atoms with Crippen molar-refractivity contribution in [3.05, 3.63) is 30.1 Å². The molecule has 1 aromatic heterocycles. The lowest BCUT2D eigenvalue weighted by Gasteiger charge is -2.48. The van der Waals surface area contributed by atoms with E-state index in [0.29, 0.717) is 18.3 Å². The molecule has 5 heteroatoms. The first kappa shape index (κ1) is 17.0. The topological polar surface area (TPSA) is 56.7 Å². The average Bonchev–Trinajstić information content (AvgIpc) is 2.62. The van der Waals surface area contributed by atoms with Gasteiger partial charge in [0.15, 0.2) is 0 Å². The van der Waals surface area contributed by atoms with E-state index in [1.165, 1.54) is 18.4 Å². The first-order valence-corrected chi connectivity index (χ1v) is 9.72. The fraction of sp³-hybridized carbons (Fsp3) is 0.700. The Morgan fingerprint density at radius 1 is 1.16 bits per heavy atom. The normalized spacial score (nSPS) is 29.4. The molecule has 1 saturated carbocycles. The largest absolute Gasteiger partial charge is 0.393 e. The van der Waals surface area contributed by atoms with Crippen LogP contribution in [-0.4, -0.2) is 58.1 Å². The SMILES string of the molecule is O=C(C1CC(O)C1)N1CCC2(CCN(Cc3cccnc3)CC2)CC1. The van der Waals surface area contributed by atoms with Crippen molar-refractivity contribution >= 4 is 5.91 Å². The van der Waals surface area contributed by atoms with E-state index in [9.17, 15) is 9.90 Å². The zero-order chi connectivity index (χ0) is 17.3. The van der Waals surface area contributed by atoms with E-state index in [-0.39, 0.29) is 17.9 Å². The van der Waals surface area contributed by atoms with Crippen LogP contribution in [0.2, 0.25) is 0 Å². The van der Waals surface area contributed by atoms with Crippen LogP contribution >= 0.6 is 0 Å². The van der Waals surface area contributed by atoms with E-state index in [4.69, 9.17) is 0 Å². The molecule has 1 amide bonds. The Bertz CT molecular complexity index is 582. The van der Waals surface area contributed by atoms with E-state index >= 15 is 0 Å². The van der Waals surface area contributed by atoms with Crippen LogP contribution in [0.3, 0.4) is 0 Å². The highest BCUT2D eigenvalue weighted by Gasteiger charge is 2.41. The van der Waals surface area contributed by atoms with Gasteiger partial charge in [-0.1, -0.05) is 6.07 Å². The van der Waals surface area contributed by atoms with E-state index in [1.54, 1.807) is 0 Å². The zero-order valence-corrected chi connectivity index (χ0v) is 14.9. The van der Waals surface area contributed by atoms with Crippen LogP contribution in [-0.2, 0) is 11.3 Å². The first-order chi connectivity index (χ1) is 12.1. The third-order valence-electron chi connectivity index (χ3n) is 6.64. The van der Waals surface area contributed by atoms with Crippen molar-refractivity contribution in [2.45, 2.75) is 51.2 Å². The number of carbonyl (C=O) groups is 1. The average molecular weight is 343 g/mol. The second kappa shape index (κ2) is 7.04. The Morgan fingerprint density at radius 2 is 1.84 bits per heavy atom. The molecule has 0 bridgehead atoms. The summed E-state index contributed by atoms with van der Waals surface area (Å²) in [6.07, 6.45) is 9.68. The van der Waals surface area contributed by atoms with Gasteiger partial charge in [0, 0.05) is 37.9 Å². The molecule has 3 heterocycles. The second-order valence-electron chi connectivity index (χ2n) is 8.28. The Hall–Kier alpha value is -1.46. The van der Waals surface area contributed by atoms with E-state index in [0.717, 1.165) is 45.6 Å². The summed E-state index contributed by atoms with van der Waals surface area (Å²) in [7, 11) is 0. The fourth-order valence-electron chi connectivity index (χ4n) is 4.68. The molecule has 25 heavy (non-hydrogen) atoms. The Balaban J connectivity index is 1.25. The van der Waals surface area contributed by atoms with Gasteiger partial charge in [-0.05, 0) is 68.7 Å². The molecule has 5 nitrogen and oxygen atoms in total. The number of piperidine rings is 2. The van der Waals surface area contributed by atoms with Crippen molar-refractivity contribution < 1.29 is 9.90 Å². The summed E-state index contributed by atoms with van der Waals surface area (Å²) in [5.74, 6) is 0.375. The maximum atomic E-state index is 12.5. The van der Waals surface area contributed by atoms with E-state index < -0.39 is 0 Å². The third-order valence-corrected chi connectivity index (χ3v) is 6.64. The van der Waals surface area contributed by atoms with Crippen LogP contribution in [0.25, 0.3) is 0 Å². The minimum absolute atomic E-state index is 0.0883. The van der Waals surface area contributed by atoms with Gasteiger partial charge >= 0.3 is 0 Å². The number of rotatable bonds is 3. The number of hydrogen-bond acceptors (Lipinski definition) is 4. The van der Waals surface area contributed by atoms with E-state index in [1.807, 2.05) is 18.5 Å². The van der Waals surface area contributed by atoms with Gasteiger partial charge in [-0.2, -0.15) is 0 Å². The smallest absolute Gasteiger partial charge is 0.225 e. The number of hydrogen-bond donors (Lipinski definition) is 1.